The Balaban J connectivity index is 1.73. The molecule has 0 saturated carbocycles. The Labute approximate surface area is 145 Å². The van der Waals surface area contributed by atoms with E-state index in [1.807, 2.05) is 6.92 Å². The summed E-state index contributed by atoms with van der Waals surface area (Å²) < 4.78 is 40.6. The summed E-state index contributed by atoms with van der Waals surface area (Å²) in [5, 5.41) is 0. The van der Waals surface area contributed by atoms with Gasteiger partial charge in [0.1, 0.15) is 5.82 Å². The van der Waals surface area contributed by atoms with Gasteiger partial charge in [-0.2, -0.15) is 0 Å². The van der Waals surface area contributed by atoms with Crippen molar-refractivity contribution < 1.29 is 17.6 Å². The molecule has 1 N–H and O–H groups in total. The second-order valence-electron chi connectivity index (χ2n) is 6.45. The second kappa shape index (κ2) is 5.56. The maximum Gasteiger partial charge on any atom is 0.261 e. The average Bonchev–Trinajstić information content (AvgIpc) is 2.82. The van der Waals surface area contributed by atoms with Crippen LogP contribution in [0.2, 0.25) is 0 Å². The van der Waals surface area contributed by atoms with Crippen LogP contribution in [-0.2, 0) is 21.2 Å². The molecule has 0 fully saturated rings. The van der Waals surface area contributed by atoms with Gasteiger partial charge >= 0.3 is 0 Å². The average molecular weight is 360 g/mol. The summed E-state index contributed by atoms with van der Waals surface area (Å²) in [5.41, 5.74) is 3.22. The van der Waals surface area contributed by atoms with E-state index in [1.165, 1.54) is 12.1 Å². The van der Waals surface area contributed by atoms with E-state index in [4.69, 9.17) is 0 Å². The van der Waals surface area contributed by atoms with Crippen LogP contribution in [0.4, 0.5) is 15.8 Å². The third-order valence-electron chi connectivity index (χ3n) is 4.80. The van der Waals surface area contributed by atoms with Gasteiger partial charge in [-0.05, 0) is 67.3 Å². The Hall–Kier alpha value is -2.41. The highest BCUT2D eigenvalue weighted by Gasteiger charge is 2.38. The van der Waals surface area contributed by atoms with E-state index < -0.39 is 15.8 Å². The first-order chi connectivity index (χ1) is 11.9. The van der Waals surface area contributed by atoms with E-state index in [2.05, 4.69) is 4.72 Å². The summed E-state index contributed by atoms with van der Waals surface area (Å²) in [5.74, 6) is -0.704. The summed E-state index contributed by atoms with van der Waals surface area (Å²) in [4.78, 5) is 14.2. The van der Waals surface area contributed by atoms with Crippen LogP contribution < -0.4 is 9.62 Å². The summed E-state index contributed by atoms with van der Waals surface area (Å²) in [6.45, 7) is 2.55. The monoisotopic (exact) mass is 360 g/mol. The smallest absolute Gasteiger partial charge is 0.261 e. The van der Waals surface area contributed by atoms with Crippen molar-refractivity contribution in [2.45, 2.75) is 30.6 Å². The first kappa shape index (κ1) is 16.1. The molecule has 2 aliphatic heterocycles. The minimum atomic E-state index is -3.81. The molecular weight excluding hydrogens is 343 g/mol. The molecule has 0 spiro atoms. The highest BCUT2D eigenvalue weighted by Crippen LogP contribution is 2.44. The third-order valence-corrected chi connectivity index (χ3v) is 6.19. The van der Waals surface area contributed by atoms with Crippen LogP contribution in [0.1, 0.15) is 30.4 Å². The summed E-state index contributed by atoms with van der Waals surface area (Å²) in [6.07, 6.45) is 1.67. The van der Waals surface area contributed by atoms with Crippen molar-refractivity contribution in [1.29, 1.82) is 0 Å². The Morgan fingerprint density at radius 1 is 1.20 bits per heavy atom. The normalized spacial score (nSPS) is 19.0. The van der Waals surface area contributed by atoms with Gasteiger partial charge in [0.2, 0.25) is 5.91 Å². The van der Waals surface area contributed by atoms with E-state index in [0.29, 0.717) is 12.2 Å². The lowest BCUT2D eigenvalue weighted by molar-refractivity contribution is -0.119. The van der Waals surface area contributed by atoms with Gasteiger partial charge in [-0.25, -0.2) is 12.8 Å². The lowest BCUT2D eigenvalue weighted by Crippen LogP contribution is -2.32. The molecule has 0 saturated heterocycles. The van der Waals surface area contributed by atoms with Crippen molar-refractivity contribution in [3.63, 3.8) is 0 Å². The van der Waals surface area contributed by atoms with Gasteiger partial charge in [-0.3, -0.25) is 9.52 Å². The molecule has 5 nitrogen and oxygen atoms in total. The second-order valence-corrected chi connectivity index (χ2v) is 8.13. The molecule has 4 rings (SSSR count). The predicted octanol–water partition coefficient (Wildman–Crippen LogP) is 3.02. The van der Waals surface area contributed by atoms with Gasteiger partial charge < -0.3 is 4.90 Å². The highest BCUT2D eigenvalue weighted by atomic mass is 32.2. The number of carbonyl (C=O) groups is 1. The Morgan fingerprint density at radius 2 is 1.92 bits per heavy atom. The SMILES string of the molecule is C[C@H]1C(=O)N2CCCc3cc(NS(=O)(=O)c4ccc(F)cc4)cc1c32. The Kier molecular flexibility index (Phi) is 3.57. The van der Waals surface area contributed by atoms with E-state index >= 15 is 0 Å². The zero-order chi connectivity index (χ0) is 17.8. The fourth-order valence-corrected chi connectivity index (χ4v) is 4.62. The van der Waals surface area contributed by atoms with Crippen LogP contribution in [0.3, 0.4) is 0 Å². The predicted molar refractivity (Wildman–Crippen MR) is 92.7 cm³/mol. The quantitative estimate of drug-likeness (QED) is 0.915. The molecule has 0 aliphatic carbocycles. The van der Waals surface area contributed by atoms with Crippen molar-refractivity contribution in [2.75, 3.05) is 16.2 Å². The first-order valence-electron chi connectivity index (χ1n) is 8.13. The van der Waals surface area contributed by atoms with Crippen molar-refractivity contribution in [2.24, 2.45) is 0 Å². The number of hydrogen-bond acceptors (Lipinski definition) is 3. The van der Waals surface area contributed by atoms with Crippen LogP contribution >= 0.6 is 0 Å². The Bertz CT molecular complexity index is 971. The van der Waals surface area contributed by atoms with E-state index in [0.717, 1.165) is 41.8 Å². The molecule has 2 aliphatic rings. The minimum absolute atomic E-state index is 0.00575. The number of rotatable bonds is 3. The highest BCUT2D eigenvalue weighted by molar-refractivity contribution is 7.92. The number of benzene rings is 2. The van der Waals surface area contributed by atoms with Gasteiger partial charge in [0.05, 0.1) is 16.5 Å². The molecule has 0 aromatic heterocycles. The van der Waals surface area contributed by atoms with Crippen molar-refractivity contribution >= 4 is 27.3 Å². The molecular formula is C18H17FN2O3S. The number of aryl methyl sites for hydroxylation is 1. The third kappa shape index (κ3) is 2.59. The van der Waals surface area contributed by atoms with E-state index in [-0.39, 0.29) is 16.7 Å². The molecule has 0 radical (unpaired) electrons. The van der Waals surface area contributed by atoms with Crippen LogP contribution in [0.25, 0.3) is 0 Å². The maximum absolute atomic E-state index is 13.0. The number of nitrogens with one attached hydrogen (secondary N) is 1. The lowest BCUT2D eigenvalue weighted by Gasteiger charge is -2.26. The van der Waals surface area contributed by atoms with Gasteiger partial charge in [0.15, 0.2) is 0 Å². The van der Waals surface area contributed by atoms with Crippen molar-refractivity contribution in [1.82, 2.24) is 0 Å². The fraction of sp³-hybridized carbons (Fsp3) is 0.278. The van der Waals surface area contributed by atoms with Gasteiger partial charge in [-0.15, -0.1) is 0 Å². The fourth-order valence-electron chi connectivity index (χ4n) is 3.58. The van der Waals surface area contributed by atoms with Crippen molar-refractivity contribution in [3.8, 4) is 0 Å². The van der Waals surface area contributed by atoms with Gasteiger partial charge in [-0.1, -0.05) is 0 Å². The minimum Gasteiger partial charge on any atom is -0.311 e. The summed E-state index contributed by atoms with van der Waals surface area (Å²) in [7, 11) is -3.81. The van der Waals surface area contributed by atoms with Gasteiger partial charge in [0, 0.05) is 12.2 Å². The standard InChI is InChI=1S/C18H17FN2O3S/c1-11-16-10-14(9-12-3-2-8-21(17(12)16)18(11)22)20-25(23,24)15-6-4-13(19)5-7-15/h4-7,9-11,20H,2-3,8H2,1H3/t11-/m1/s1. The van der Waals surface area contributed by atoms with E-state index in [9.17, 15) is 17.6 Å². The molecule has 25 heavy (non-hydrogen) atoms. The first-order valence-corrected chi connectivity index (χ1v) is 9.62. The number of carbonyl (C=O) groups excluding carboxylic acids is 1. The molecule has 0 unspecified atom stereocenters. The number of nitrogens with zero attached hydrogens (tertiary/aromatic N) is 1. The van der Waals surface area contributed by atoms with Crippen LogP contribution in [-0.4, -0.2) is 20.9 Å². The number of halogens is 1. The Morgan fingerprint density at radius 3 is 2.64 bits per heavy atom. The number of amides is 1. The summed E-state index contributed by atoms with van der Waals surface area (Å²) >= 11 is 0. The number of hydrogen-bond donors (Lipinski definition) is 1. The zero-order valence-corrected chi connectivity index (χ0v) is 14.4. The lowest BCUT2D eigenvalue weighted by atomic mass is 9.96. The van der Waals surface area contributed by atoms with Crippen LogP contribution in [0.15, 0.2) is 41.3 Å². The van der Waals surface area contributed by atoms with E-state index in [1.54, 1.807) is 17.0 Å². The van der Waals surface area contributed by atoms with Crippen LogP contribution in [0.5, 0.6) is 0 Å². The topological polar surface area (TPSA) is 66.5 Å². The number of anilines is 2. The molecule has 130 valence electrons. The number of sulfonamides is 1. The molecule has 1 amide bonds. The zero-order valence-electron chi connectivity index (χ0n) is 13.6. The molecule has 0 bridgehead atoms. The molecule has 2 aromatic carbocycles. The molecule has 2 heterocycles. The maximum atomic E-state index is 13.0. The largest absolute Gasteiger partial charge is 0.311 e. The van der Waals surface area contributed by atoms with Crippen molar-refractivity contribution in [3.05, 3.63) is 53.3 Å². The molecule has 2 aromatic rings. The van der Waals surface area contributed by atoms with Gasteiger partial charge in [0.25, 0.3) is 10.0 Å². The molecule has 7 heteroatoms. The van der Waals surface area contributed by atoms with Crippen LogP contribution in [0, 0.1) is 5.82 Å². The summed E-state index contributed by atoms with van der Waals surface area (Å²) in [6, 6.07) is 8.19. The molecule has 1 atom stereocenters.